The monoisotopic (exact) mass is 291 g/mol. The first-order valence-electron chi connectivity index (χ1n) is 7.22. The number of hydrogen-bond donors (Lipinski definition) is 2. The van der Waals surface area contributed by atoms with Crippen LogP contribution in [0.2, 0.25) is 0 Å². The summed E-state index contributed by atoms with van der Waals surface area (Å²) in [5.74, 6) is -0.0401. The quantitative estimate of drug-likeness (QED) is 0.841. The molecule has 1 rings (SSSR count). The van der Waals surface area contributed by atoms with Gasteiger partial charge in [0, 0.05) is 26.2 Å². The number of rotatable bonds is 6. The number of nitrogens with two attached hydrogens (primary N) is 1. The summed E-state index contributed by atoms with van der Waals surface area (Å²) >= 11 is 0. The molecule has 0 spiro atoms. The smallest absolute Gasteiger partial charge is 0.241 e. The molecule has 0 bridgehead atoms. The van der Waals surface area contributed by atoms with Crippen LogP contribution >= 0.6 is 0 Å². The van der Waals surface area contributed by atoms with Crippen molar-refractivity contribution in [1.29, 1.82) is 0 Å². The standard InChI is InChI=1S/C16H25N3O2/c1-5-11(2)15(17)16(21)18-14-8-6-7-13(9-14)10-19(4)12(3)20/h6-9,11,15H,5,10,17H2,1-4H3,(H,18,21)/t11-,15-/m0/s1. The van der Waals surface area contributed by atoms with Crippen molar-refractivity contribution in [3.63, 3.8) is 0 Å². The van der Waals surface area contributed by atoms with Crippen molar-refractivity contribution in [2.24, 2.45) is 11.7 Å². The number of amides is 2. The van der Waals surface area contributed by atoms with E-state index in [9.17, 15) is 9.59 Å². The van der Waals surface area contributed by atoms with Gasteiger partial charge in [0.15, 0.2) is 0 Å². The van der Waals surface area contributed by atoms with Crippen molar-refractivity contribution in [2.75, 3.05) is 12.4 Å². The summed E-state index contributed by atoms with van der Waals surface area (Å²) in [6.07, 6.45) is 0.859. The van der Waals surface area contributed by atoms with Gasteiger partial charge in [0.2, 0.25) is 11.8 Å². The van der Waals surface area contributed by atoms with E-state index in [-0.39, 0.29) is 17.7 Å². The van der Waals surface area contributed by atoms with Crippen molar-refractivity contribution in [2.45, 2.75) is 39.8 Å². The maximum absolute atomic E-state index is 12.1. The Kier molecular flexibility index (Phi) is 6.37. The van der Waals surface area contributed by atoms with E-state index in [0.29, 0.717) is 12.2 Å². The Morgan fingerprint density at radius 3 is 2.62 bits per heavy atom. The fourth-order valence-electron chi connectivity index (χ4n) is 1.87. The first-order valence-corrected chi connectivity index (χ1v) is 7.22. The van der Waals surface area contributed by atoms with Crippen molar-refractivity contribution in [3.8, 4) is 0 Å². The van der Waals surface area contributed by atoms with Gasteiger partial charge in [-0.1, -0.05) is 32.4 Å². The van der Waals surface area contributed by atoms with Crippen LogP contribution in [-0.2, 0) is 16.1 Å². The number of nitrogens with zero attached hydrogens (tertiary/aromatic N) is 1. The van der Waals surface area contributed by atoms with Gasteiger partial charge in [0.25, 0.3) is 0 Å². The third kappa shape index (κ3) is 5.19. The molecule has 5 nitrogen and oxygen atoms in total. The number of carbonyl (C=O) groups is 2. The molecule has 3 N–H and O–H groups in total. The summed E-state index contributed by atoms with van der Waals surface area (Å²) in [4.78, 5) is 24.9. The summed E-state index contributed by atoms with van der Waals surface area (Å²) in [5, 5.41) is 2.83. The first-order chi connectivity index (χ1) is 9.85. The van der Waals surface area contributed by atoms with E-state index in [4.69, 9.17) is 5.73 Å². The molecule has 1 aromatic rings. The van der Waals surface area contributed by atoms with Crippen LogP contribution in [0.1, 0.15) is 32.8 Å². The molecule has 0 saturated heterocycles. The zero-order chi connectivity index (χ0) is 16.0. The van der Waals surface area contributed by atoms with E-state index in [1.54, 1.807) is 11.9 Å². The fourth-order valence-corrected chi connectivity index (χ4v) is 1.87. The Balaban J connectivity index is 2.72. The molecule has 0 fully saturated rings. The molecule has 2 amide bonds. The highest BCUT2D eigenvalue weighted by molar-refractivity contribution is 5.94. The number of benzene rings is 1. The topological polar surface area (TPSA) is 75.4 Å². The molecule has 2 atom stereocenters. The minimum absolute atomic E-state index is 0.00299. The lowest BCUT2D eigenvalue weighted by atomic mass is 9.99. The molecule has 0 aliphatic rings. The van der Waals surface area contributed by atoms with Crippen LogP contribution in [-0.4, -0.2) is 29.8 Å². The molecule has 0 aliphatic carbocycles. The molecule has 0 unspecified atom stereocenters. The second-order valence-corrected chi connectivity index (χ2v) is 5.48. The second-order valence-electron chi connectivity index (χ2n) is 5.48. The molecule has 21 heavy (non-hydrogen) atoms. The minimum atomic E-state index is -0.515. The fraction of sp³-hybridized carbons (Fsp3) is 0.500. The van der Waals surface area contributed by atoms with Gasteiger partial charge in [0.05, 0.1) is 6.04 Å². The van der Waals surface area contributed by atoms with Crippen molar-refractivity contribution < 1.29 is 9.59 Å². The molecule has 0 aliphatic heterocycles. The third-order valence-corrected chi connectivity index (χ3v) is 3.71. The number of carbonyl (C=O) groups excluding carboxylic acids is 2. The van der Waals surface area contributed by atoms with E-state index in [1.165, 1.54) is 6.92 Å². The number of hydrogen-bond acceptors (Lipinski definition) is 3. The van der Waals surface area contributed by atoms with Gasteiger partial charge in [-0.05, 0) is 23.6 Å². The Bertz CT molecular complexity index is 502. The Hall–Kier alpha value is -1.88. The molecule has 0 saturated carbocycles. The van der Waals surface area contributed by atoms with E-state index < -0.39 is 6.04 Å². The Morgan fingerprint density at radius 2 is 2.05 bits per heavy atom. The van der Waals surface area contributed by atoms with Gasteiger partial charge in [-0.2, -0.15) is 0 Å². The molecular formula is C16H25N3O2. The van der Waals surface area contributed by atoms with Crippen LogP contribution in [0.4, 0.5) is 5.69 Å². The van der Waals surface area contributed by atoms with Crippen LogP contribution < -0.4 is 11.1 Å². The van der Waals surface area contributed by atoms with E-state index >= 15 is 0 Å². The summed E-state index contributed by atoms with van der Waals surface area (Å²) in [6, 6.07) is 6.94. The molecule has 116 valence electrons. The lowest BCUT2D eigenvalue weighted by Gasteiger charge is -2.19. The highest BCUT2D eigenvalue weighted by Crippen LogP contribution is 2.14. The predicted octanol–water partition coefficient (Wildman–Crippen LogP) is 1.98. The zero-order valence-corrected chi connectivity index (χ0v) is 13.2. The third-order valence-electron chi connectivity index (χ3n) is 3.71. The Labute approximate surface area is 126 Å². The molecule has 0 aromatic heterocycles. The van der Waals surface area contributed by atoms with Gasteiger partial charge in [-0.25, -0.2) is 0 Å². The number of nitrogens with one attached hydrogen (secondary N) is 1. The van der Waals surface area contributed by atoms with E-state index in [0.717, 1.165) is 12.0 Å². The van der Waals surface area contributed by atoms with Gasteiger partial charge in [0.1, 0.15) is 0 Å². The summed E-state index contributed by atoms with van der Waals surface area (Å²) in [5.41, 5.74) is 7.58. The zero-order valence-electron chi connectivity index (χ0n) is 13.2. The van der Waals surface area contributed by atoms with E-state index in [2.05, 4.69) is 5.32 Å². The molecule has 5 heteroatoms. The maximum atomic E-state index is 12.1. The van der Waals surface area contributed by atoms with Crippen LogP contribution in [0.15, 0.2) is 24.3 Å². The highest BCUT2D eigenvalue weighted by atomic mass is 16.2. The van der Waals surface area contributed by atoms with Gasteiger partial charge >= 0.3 is 0 Å². The maximum Gasteiger partial charge on any atom is 0.241 e. The summed E-state index contributed by atoms with van der Waals surface area (Å²) in [6.45, 7) is 6.01. The lowest BCUT2D eigenvalue weighted by Crippen LogP contribution is -2.40. The second kappa shape index (κ2) is 7.78. The van der Waals surface area contributed by atoms with Crippen LogP contribution in [0, 0.1) is 5.92 Å². The van der Waals surface area contributed by atoms with Gasteiger partial charge in [-0.15, -0.1) is 0 Å². The largest absolute Gasteiger partial charge is 0.342 e. The van der Waals surface area contributed by atoms with Crippen molar-refractivity contribution >= 4 is 17.5 Å². The minimum Gasteiger partial charge on any atom is -0.342 e. The van der Waals surface area contributed by atoms with Crippen molar-refractivity contribution in [3.05, 3.63) is 29.8 Å². The summed E-state index contributed by atoms with van der Waals surface area (Å²) < 4.78 is 0. The summed E-state index contributed by atoms with van der Waals surface area (Å²) in [7, 11) is 1.74. The highest BCUT2D eigenvalue weighted by Gasteiger charge is 2.19. The van der Waals surface area contributed by atoms with Crippen LogP contribution in [0.25, 0.3) is 0 Å². The predicted molar refractivity (Wildman–Crippen MR) is 84.7 cm³/mol. The SMILES string of the molecule is CC[C@H](C)[C@H](N)C(=O)Nc1cccc(CN(C)C(C)=O)c1. The normalized spacial score (nSPS) is 13.4. The lowest BCUT2D eigenvalue weighted by molar-refractivity contribution is -0.128. The molecule has 0 radical (unpaired) electrons. The molecular weight excluding hydrogens is 266 g/mol. The molecule has 1 aromatic carbocycles. The first kappa shape index (κ1) is 17.2. The van der Waals surface area contributed by atoms with Crippen LogP contribution in [0.5, 0.6) is 0 Å². The van der Waals surface area contributed by atoms with Gasteiger partial charge in [-0.3, -0.25) is 9.59 Å². The van der Waals surface area contributed by atoms with E-state index in [1.807, 2.05) is 38.1 Å². The average molecular weight is 291 g/mol. The number of anilines is 1. The Morgan fingerprint density at radius 1 is 1.38 bits per heavy atom. The van der Waals surface area contributed by atoms with Crippen molar-refractivity contribution in [1.82, 2.24) is 4.90 Å². The van der Waals surface area contributed by atoms with Crippen LogP contribution in [0.3, 0.4) is 0 Å². The average Bonchev–Trinajstić information content (AvgIpc) is 2.45. The molecule has 0 heterocycles. The van der Waals surface area contributed by atoms with Gasteiger partial charge < -0.3 is 16.0 Å².